The summed E-state index contributed by atoms with van der Waals surface area (Å²) in [7, 11) is -9.93. The van der Waals surface area contributed by atoms with Gasteiger partial charge in [0.25, 0.3) is 0 Å². The molecule has 105 heavy (non-hydrogen) atoms. The zero-order valence-corrected chi connectivity index (χ0v) is 71.2. The highest BCUT2D eigenvalue weighted by Crippen LogP contribution is 2.45. The van der Waals surface area contributed by atoms with Crippen molar-refractivity contribution in [3.05, 3.63) is 0 Å². The molecule has 0 rings (SSSR count). The molecule has 19 heteroatoms. The van der Waals surface area contributed by atoms with E-state index in [1.54, 1.807) is 0 Å². The van der Waals surface area contributed by atoms with Crippen LogP contribution >= 0.6 is 15.6 Å². The lowest BCUT2D eigenvalue weighted by Gasteiger charge is -2.21. The lowest BCUT2D eigenvalue weighted by Crippen LogP contribution is -2.30. The van der Waals surface area contributed by atoms with Crippen molar-refractivity contribution >= 4 is 39.5 Å². The maximum atomic E-state index is 13.1. The van der Waals surface area contributed by atoms with Crippen molar-refractivity contribution in [3.63, 3.8) is 0 Å². The van der Waals surface area contributed by atoms with E-state index in [1.807, 2.05) is 0 Å². The Kier molecular flexibility index (Phi) is 73.4. The van der Waals surface area contributed by atoms with Crippen LogP contribution in [0, 0.1) is 23.7 Å². The van der Waals surface area contributed by atoms with Crippen molar-refractivity contribution in [1.29, 1.82) is 0 Å². The number of unbranched alkanes of at least 4 members (excludes halogenated alkanes) is 46. The number of phosphoric ester groups is 2. The lowest BCUT2D eigenvalue weighted by atomic mass is 9.99. The highest BCUT2D eigenvalue weighted by Gasteiger charge is 2.31. The van der Waals surface area contributed by atoms with Gasteiger partial charge in [-0.3, -0.25) is 37.3 Å². The van der Waals surface area contributed by atoms with Crippen LogP contribution < -0.4 is 0 Å². The Labute approximate surface area is 645 Å². The Bertz CT molecular complexity index is 2050. The predicted molar refractivity (Wildman–Crippen MR) is 432 cm³/mol. The Morgan fingerprint density at radius 3 is 0.676 bits per heavy atom. The van der Waals surface area contributed by atoms with Crippen LogP contribution in [-0.4, -0.2) is 96.7 Å². The topological polar surface area (TPSA) is 237 Å². The van der Waals surface area contributed by atoms with Crippen molar-refractivity contribution < 1.29 is 80.2 Å². The second kappa shape index (κ2) is 74.8. The van der Waals surface area contributed by atoms with Crippen LogP contribution in [0.15, 0.2) is 0 Å². The number of esters is 4. The number of aliphatic hydroxyl groups is 1. The molecular weight excluding hydrogens is 1370 g/mol. The SMILES string of the molecule is CCC(C)CCCCCCCCCCCCCCCCCCCCC(=O)OC[C@H](COP(=O)(O)OCC(O)COP(=O)(O)OC[C@@H](COC(=O)CCCCCCCCCCC(C)C)OC(=O)CCCCCCCCC(C)CC)OC(=O)CCCCCCCCCCCCCCCCCCCCC(C)CC. The summed E-state index contributed by atoms with van der Waals surface area (Å²) < 4.78 is 68.8. The van der Waals surface area contributed by atoms with Gasteiger partial charge < -0.3 is 33.8 Å². The van der Waals surface area contributed by atoms with Crippen molar-refractivity contribution in [1.82, 2.24) is 0 Å². The number of hydrogen-bond acceptors (Lipinski definition) is 15. The van der Waals surface area contributed by atoms with Gasteiger partial charge in [-0.05, 0) is 49.4 Å². The number of aliphatic hydroxyl groups excluding tert-OH is 1. The van der Waals surface area contributed by atoms with Crippen LogP contribution in [0.3, 0.4) is 0 Å². The number of carbonyl (C=O) groups excluding carboxylic acids is 4. The molecule has 0 heterocycles. The molecule has 0 saturated heterocycles. The van der Waals surface area contributed by atoms with E-state index < -0.39 is 97.5 Å². The summed E-state index contributed by atoms with van der Waals surface area (Å²) >= 11 is 0. The monoisotopic (exact) mass is 1540 g/mol. The number of phosphoric acid groups is 2. The summed E-state index contributed by atoms with van der Waals surface area (Å²) in [6.07, 6.45) is 64.1. The summed E-state index contributed by atoms with van der Waals surface area (Å²) in [5.74, 6) is 1.08. The third-order valence-corrected chi connectivity index (χ3v) is 23.1. The highest BCUT2D eigenvalue weighted by molar-refractivity contribution is 7.47. The lowest BCUT2D eigenvalue weighted by molar-refractivity contribution is -0.161. The normalized spacial score (nSPS) is 14.7. The van der Waals surface area contributed by atoms with Crippen LogP contribution in [0.25, 0.3) is 0 Å². The van der Waals surface area contributed by atoms with E-state index in [0.29, 0.717) is 25.7 Å². The molecule has 0 aliphatic rings. The maximum Gasteiger partial charge on any atom is 0.472 e. The molecule has 0 saturated carbocycles. The van der Waals surface area contributed by atoms with E-state index >= 15 is 0 Å². The summed E-state index contributed by atoms with van der Waals surface area (Å²) in [4.78, 5) is 73.1. The molecule has 0 bridgehead atoms. The first-order valence-corrected chi connectivity index (χ1v) is 47.3. The quantitative estimate of drug-likeness (QED) is 0.0222. The Hall–Kier alpha value is -1.94. The van der Waals surface area contributed by atoms with Crippen LogP contribution in [0.4, 0.5) is 0 Å². The number of carbonyl (C=O) groups is 4. The Balaban J connectivity index is 5.18. The fraction of sp³-hybridized carbons (Fsp3) is 0.953. The maximum absolute atomic E-state index is 13.1. The molecule has 0 aliphatic carbocycles. The van der Waals surface area contributed by atoms with Crippen molar-refractivity contribution in [2.45, 2.75) is 465 Å². The molecule has 0 amide bonds. The van der Waals surface area contributed by atoms with Gasteiger partial charge in [0.1, 0.15) is 19.3 Å². The van der Waals surface area contributed by atoms with Crippen LogP contribution in [0.1, 0.15) is 447 Å². The molecule has 0 aliphatic heterocycles. The molecule has 6 unspecified atom stereocenters. The number of rotatable bonds is 83. The van der Waals surface area contributed by atoms with E-state index in [9.17, 15) is 43.2 Å². The van der Waals surface area contributed by atoms with Gasteiger partial charge in [-0.2, -0.15) is 0 Å². The molecule has 0 aromatic heterocycles. The van der Waals surface area contributed by atoms with E-state index in [4.69, 9.17) is 37.0 Å². The van der Waals surface area contributed by atoms with Gasteiger partial charge in [0.15, 0.2) is 12.2 Å². The van der Waals surface area contributed by atoms with Gasteiger partial charge in [-0.15, -0.1) is 0 Å². The zero-order chi connectivity index (χ0) is 77.4. The summed E-state index contributed by atoms with van der Waals surface area (Å²) in [5.41, 5.74) is 0. The molecule has 17 nitrogen and oxygen atoms in total. The molecule has 0 radical (unpaired) electrons. The Morgan fingerprint density at radius 2 is 0.457 bits per heavy atom. The number of hydrogen-bond donors (Lipinski definition) is 3. The standard InChI is InChI=1S/C86H168O17P2/c1-9-77(6)63-55-47-39-32-28-24-20-16-12-14-18-22-26-30-34-41-50-58-66-83(88)96-72-81(102-85(90)68-60-52-43-35-31-27-23-19-15-13-17-21-25-29-33-40-48-56-64-78(7)10-2)74-100-104(92,93)98-70-80(87)71-99-105(94,95)101-75-82(103-86(91)69-61-53-45-44-49-57-65-79(8)11-3)73-97-84(89)67-59-51-42-37-36-38-46-54-62-76(4)5/h76-82,87H,9-75H2,1-8H3,(H,92,93)(H,94,95)/t77?,78?,79?,80?,81-,82-/m1/s1. The first-order chi connectivity index (χ1) is 50.7. The van der Waals surface area contributed by atoms with E-state index in [-0.39, 0.29) is 25.7 Å². The molecule has 3 N–H and O–H groups in total. The van der Waals surface area contributed by atoms with Crippen LogP contribution in [0.5, 0.6) is 0 Å². The van der Waals surface area contributed by atoms with E-state index in [2.05, 4.69) is 55.4 Å². The molecule has 0 aromatic carbocycles. The first kappa shape index (κ1) is 103. The smallest absolute Gasteiger partial charge is 0.462 e. The van der Waals surface area contributed by atoms with Gasteiger partial charge in [0.05, 0.1) is 26.4 Å². The summed E-state index contributed by atoms with van der Waals surface area (Å²) in [6.45, 7) is 14.3. The average Bonchev–Trinajstić information content (AvgIpc) is 0.906. The van der Waals surface area contributed by atoms with Crippen molar-refractivity contribution in [2.24, 2.45) is 23.7 Å². The van der Waals surface area contributed by atoms with Crippen molar-refractivity contribution in [3.8, 4) is 0 Å². The van der Waals surface area contributed by atoms with E-state index in [0.717, 1.165) is 114 Å². The highest BCUT2D eigenvalue weighted by atomic mass is 31.2. The minimum Gasteiger partial charge on any atom is -0.462 e. The summed E-state index contributed by atoms with van der Waals surface area (Å²) in [5, 5.41) is 10.7. The van der Waals surface area contributed by atoms with Crippen LogP contribution in [-0.2, 0) is 65.4 Å². The molecule has 624 valence electrons. The minimum absolute atomic E-state index is 0.102. The fourth-order valence-electron chi connectivity index (χ4n) is 13.2. The predicted octanol–water partition coefficient (Wildman–Crippen LogP) is 25.9. The third kappa shape index (κ3) is 75.9. The summed E-state index contributed by atoms with van der Waals surface area (Å²) in [6, 6.07) is 0. The second-order valence-corrected chi connectivity index (χ2v) is 35.0. The third-order valence-electron chi connectivity index (χ3n) is 21.2. The molecule has 8 atom stereocenters. The zero-order valence-electron chi connectivity index (χ0n) is 69.4. The molecule has 0 fully saturated rings. The average molecular weight is 1540 g/mol. The van der Waals surface area contributed by atoms with Gasteiger partial charge in [-0.1, -0.05) is 396 Å². The van der Waals surface area contributed by atoms with Gasteiger partial charge in [0, 0.05) is 25.7 Å². The van der Waals surface area contributed by atoms with Crippen LogP contribution in [0.2, 0.25) is 0 Å². The molecule has 0 spiro atoms. The van der Waals surface area contributed by atoms with E-state index in [1.165, 1.54) is 250 Å². The second-order valence-electron chi connectivity index (χ2n) is 32.1. The molecular formula is C86H168O17P2. The van der Waals surface area contributed by atoms with Crippen molar-refractivity contribution in [2.75, 3.05) is 39.6 Å². The van der Waals surface area contributed by atoms with Gasteiger partial charge in [-0.25, -0.2) is 9.13 Å². The number of ether oxygens (including phenoxy) is 4. The Morgan fingerprint density at radius 1 is 0.267 bits per heavy atom. The first-order valence-electron chi connectivity index (χ1n) is 44.3. The largest absolute Gasteiger partial charge is 0.472 e. The van der Waals surface area contributed by atoms with Gasteiger partial charge in [0.2, 0.25) is 0 Å². The minimum atomic E-state index is -4.97. The fourth-order valence-corrected chi connectivity index (χ4v) is 14.8. The molecule has 0 aromatic rings. The van der Waals surface area contributed by atoms with Gasteiger partial charge >= 0.3 is 39.5 Å².